The molecule has 0 amide bonds. The summed E-state index contributed by atoms with van der Waals surface area (Å²) in [5.74, 6) is 1.95. The lowest BCUT2D eigenvalue weighted by Gasteiger charge is -2.15. The van der Waals surface area contributed by atoms with Crippen LogP contribution in [0.2, 0.25) is 0 Å². The van der Waals surface area contributed by atoms with Crippen LogP contribution in [0.3, 0.4) is 0 Å². The molecule has 4 heteroatoms. The van der Waals surface area contributed by atoms with Gasteiger partial charge in [-0.05, 0) is 55.0 Å². The predicted molar refractivity (Wildman–Crippen MR) is 151 cm³/mol. The van der Waals surface area contributed by atoms with Crippen LogP contribution in [-0.2, 0) is 6.42 Å². The third-order valence-corrected chi connectivity index (χ3v) is 7.05. The second-order valence-corrected chi connectivity index (χ2v) is 10.6. The van der Waals surface area contributed by atoms with E-state index in [1.807, 2.05) is 36.7 Å². The lowest BCUT2D eigenvalue weighted by molar-refractivity contribution is 0.205. The van der Waals surface area contributed by atoms with Crippen LogP contribution in [-0.4, -0.2) is 22.7 Å². The first-order valence-electron chi connectivity index (χ1n) is 14.8. The van der Waals surface area contributed by atoms with Crippen LogP contribution in [0.15, 0.2) is 36.7 Å². The average Bonchev–Trinajstić information content (AvgIpc) is 2.89. The summed E-state index contributed by atoms with van der Waals surface area (Å²) in [7, 11) is 0. The third kappa shape index (κ3) is 13.4. The second-order valence-electron chi connectivity index (χ2n) is 10.6. The molecule has 36 heavy (non-hydrogen) atoms. The lowest BCUT2D eigenvalue weighted by atomic mass is 9.96. The molecule has 0 radical (unpaired) electrons. The fourth-order valence-electron chi connectivity index (χ4n) is 4.69. The van der Waals surface area contributed by atoms with E-state index in [1.165, 1.54) is 82.6 Å². The Bertz CT molecular complexity index is 778. The van der Waals surface area contributed by atoms with Crippen LogP contribution in [0.25, 0.3) is 11.4 Å². The van der Waals surface area contributed by atoms with Crippen LogP contribution < -0.4 is 4.74 Å². The number of benzene rings is 1. The maximum atomic E-state index is 14.3. The number of aromatic nitrogens is 2. The number of alkyl halides is 1. The first-order chi connectivity index (χ1) is 17.6. The van der Waals surface area contributed by atoms with Gasteiger partial charge in [0.15, 0.2) is 5.82 Å². The molecule has 2 aromatic rings. The first-order valence-corrected chi connectivity index (χ1v) is 14.8. The molecule has 202 valence electrons. The zero-order valence-electron chi connectivity index (χ0n) is 23.3. The van der Waals surface area contributed by atoms with E-state index in [4.69, 9.17) is 4.74 Å². The van der Waals surface area contributed by atoms with E-state index in [-0.39, 0.29) is 0 Å². The van der Waals surface area contributed by atoms with Crippen molar-refractivity contribution in [2.24, 2.45) is 5.92 Å². The molecule has 0 saturated carbocycles. The number of aryl methyl sites for hydroxylation is 1. The van der Waals surface area contributed by atoms with Gasteiger partial charge >= 0.3 is 0 Å². The number of hydrogen-bond donors (Lipinski definition) is 0. The standard InChI is InChI=1S/C32H51FN2O/c1-4-6-8-9-10-11-12-13-15-17-28-25-34-32(35-26-28)29-18-20-31(21-19-29)36-23-22-30(33)24-27(3)16-14-7-5-2/h18-21,25-27,30H,4-17,22-24H2,1-3H3. The molecule has 0 fully saturated rings. The quantitative estimate of drug-likeness (QED) is 0.161. The molecule has 3 nitrogen and oxygen atoms in total. The first kappa shape index (κ1) is 30.3. The normalized spacial score (nSPS) is 13.0. The van der Waals surface area contributed by atoms with Crippen molar-refractivity contribution in [1.29, 1.82) is 0 Å². The summed E-state index contributed by atoms with van der Waals surface area (Å²) >= 11 is 0. The fourth-order valence-corrected chi connectivity index (χ4v) is 4.69. The van der Waals surface area contributed by atoms with Gasteiger partial charge in [-0.2, -0.15) is 0 Å². The van der Waals surface area contributed by atoms with Crippen LogP contribution in [0.4, 0.5) is 4.39 Å². The van der Waals surface area contributed by atoms with E-state index in [1.54, 1.807) is 0 Å². The second kappa shape index (κ2) is 19.2. The number of ether oxygens (including phenoxy) is 1. The SMILES string of the molecule is CCCCCCCCCCCc1cnc(-c2ccc(OCCC(F)CC(C)CCCCC)cc2)nc1. The summed E-state index contributed by atoms with van der Waals surface area (Å²) in [6.07, 6.45) is 22.1. The van der Waals surface area contributed by atoms with Crippen molar-refractivity contribution in [3.05, 3.63) is 42.2 Å². The molecule has 0 aliphatic heterocycles. The van der Waals surface area contributed by atoms with Gasteiger partial charge in [-0.25, -0.2) is 14.4 Å². The van der Waals surface area contributed by atoms with Crippen molar-refractivity contribution in [3.8, 4) is 17.1 Å². The van der Waals surface area contributed by atoms with E-state index >= 15 is 0 Å². The molecule has 2 unspecified atom stereocenters. The summed E-state index contributed by atoms with van der Waals surface area (Å²) in [5, 5.41) is 0. The molecule has 0 spiro atoms. The zero-order valence-corrected chi connectivity index (χ0v) is 23.3. The molecule has 2 rings (SSSR count). The topological polar surface area (TPSA) is 35.0 Å². The fraction of sp³-hybridized carbons (Fsp3) is 0.688. The van der Waals surface area contributed by atoms with Gasteiger partial charge < -0.3 is 4.74 Å². The summed E-state index contributed by atoms with van der Waals surface area (Å²) < 4.78 is 20.1. The summed E-state index contributed by atoms with van der Waals surface area (Å²) in [5.41, 5.74) is 2.18. The Hall–Kier alpha value is -1.97. The van der Waals surface area contributed by atoms with E-state index < -0.39 is 6.17 Å². The minimum absolute atomic E-state index is 0.409. The van der Waals surface area contributed by atoms with E-state index in [0.29, 0.717) is 25.4 Å². The molecule has 0 aliphatic rings. The Kier molecular flexibility index (Phi) is 16.1. The third-order valence-electron chi connectivity index (χ3n) is 7.05. The zero-order chi connectivity index (χ0) is 25.8. The van der Waals surface area contributed by atoms with Crippen molar-refractivity contribution < 1.29 is 9.13 Å². The maximum absolute atomic E-state index is 14.3. The van der Waals surface area contributed by atoms with Gasteiger partial charge in [0.2, 0.25) is 0 Å². The number of nitrogens with zero attached hydrogens (tertiary/aromatic N) is 2. The maximum Gasteiger partial charge on any atom is 0.159 e. The highest BCUT2D eigenvalue weighted by atomic mass is 19.1. The summed E-state index contributed by atoms with van der Waals surface area (Å²) in [6, 6.07) is 7.81. The monoisotopic (exact) mass is 498 g/mol. The van der Waals surface area contributed by atoms with Gasteiger partial charge in [0.25, 0.3) is 0 Å². The summed E-state index contributed by atoms with van der Waals surface area (Å²) in [4.78, 5) is 9.15. The smallest absolute Gasteiger partial charge is 0.159 e. The van der Waals surface area contributed by atoms with E-state index in [9.17, 15) is 4.39 Å². The van der Waals surface area contributed by atoms with Crippen LogP contribution in [0, 0.1) is 5.92 Å². The molecule has 1 aromatic heterocycles. The Labute approximate surface area is 220 Å². The molecule has 2 atom stereocenters. The Morgan fingerprint density at radius 2 is 1.33 bits per heavy atom. The van der Waals surface area contributed by atoms with Crippen LogP contribution in [0.1, 0.15) is 123 Å². The molecule has 0 bridgehead atoms. The van der Waals surface area contributed by atoms with Crippen molar-refractivity contribution >= 4 is 0 Å². The van der Waals surface area contributed by atoms with Crippen LogP contribution >= 0.6 is 0 Å². The van der Waals surface area contributed by atoms with E-state index in [0.717, 1.165) is 30.0 Å². The Morgan fingerprint density at radius 1 is 0.750 bits per heavy atom. The Morgan fingerprint density at radius 3 is 1.97 bits per heavy atom. The minimum Gasteiger partial charge on any atom is -0.493 e. The minimum atomic E-state index is -0.789. The molecule has 0 saturated heterocycles. The molecule has 1 aromatic carbocycles. The largest absolute Gasteiger partial charge is 0.493 e. The Balaban J connectivity index is 1.62. The van der Waals surface area contributed by atoms with Gasteiger partial charge in [-0.15, -0.1) is 0 Å². The molecular formula is C32H51FN2O. The van der Waals surface area contributed by atoms with Crippen molar-refractivity contribution in [1.82, 2.24) is 9.97 Å². The van der Waals surface area contributed by atoms with Crippen LogP contribution in [0.5, 0.6) is 5.75 Å². The average molecular weight is 499 g/mol. The van der Waals surface area contributed by atoms with Gasteiger partial charge in [0.1, 0.15) is 11.9 Å². The molecule has 0 aliphatic carbocycles. The van der Waals surface area contributed by atoms with Crippen molar-refractivity contribution in [2.75, 3.05) is 6.61 Å². The molecule has 1 heterocycles. The number of hydrogen-bond acceptors (Lipinski definition) is 3. The van der Waals surface area contributed by atoms with Crippen molar-refractivity contribution in [2.45, 2.75) is 130 Å². The predicted octanol–water partition coefficient (Wildman–Crippen LogP) is 9.93. The van der Waals surface area contributed by atoms with Gasteiger partial charge in [0, 0.05) is 24.4 Å². The number of halogens is 1. The van der Waals surface area contributed by atoms with Crippen molar-refractivity contribution in [3.63, 3.8) is 0 Å². The number of rotatable bonds is 21. The number of unbranched alkanes of at least 4 members (excludes halogenated alkanes) is 10. The summed E-state index contributed by atoms with van der Waals surface area (Å²) in [6.45, 7) is 7.04. The lowest BCUT2D eigenvalue weighted by Crippen LogP contribution is -2.11. The van der Waals surface area contributed by atoms with E-state index in [2.05, 4.69) is 30.7 Å². The van der Waals surface area contributed by atoms with Gasteiger partial charge in [-0.3, -0.25) is 0 Å². The van der Waals surface area contributed by atoms with Gasteiger partial charge in [0.05, 0.1) is 6.61 Å². The molecular weight excluding hydrogens is 447 g/mol. The molecule has 0 N–H and O–H groups in total. The highest BCUT2D eigenvalue weighted by Gasteiger charge is 2.12. The van der Waals surface area contributed by atoms with Gasteiger partial charge in [-0.1, -0.05) is 97.8 Å². The highest BCUT2D eigenvalue weighted by molar-refractivity contribution is 5.55. The highest BCUT2D eigenvalue weighted by Crippen LogP contribution is 2.22.